The summed E-state index contributed by atoms with van der Waals surface area (Å²) in [6.45, 7) is 4.98. The van der Waals surface area contributed by atoms with Crippen LogP contribution in [0.1, 0.15) is 44.4 Å². The number of nitrogens with two attached hydrogens (primary N) is 1. The topological polar surface area (TPSA) is 63.8 Å². The van der Waals surface area contributed by atoms with E-state index in [0.717, 1.165) is 31.5 Å². The summed E-state index contributed by atoms with van der Waals surface area (Å²) >= 11 is 0. The molecule has 94 valence electrons. The zero-order chi connectivity index (χ0) is 12.3. The number of hydrogen-bond acceptors (Lipinski definition) is 4. The number of nitrogens with one attached hydrogen (secondary N) is 1. The number of nitrogens with zero attached hydrogens (tertiary/aromatic N) is 2. The average molecular weight is 234 g/mol. The number of anilines is 1. The molecule has 1 aromatic rings. The monoisotopic (exact) mass is 234 g/mol. The second-order valence-electron chi connectivity index (χ2n) is 4.82. The first-order valence-corrected chi connectivity index (χ1v) is 6.55. The van der Waals surface area contributed by atoms with Gasteiger partial charge in [0.2, 0.25) is 0 Å². The highest BCUT2D eigenvalue weighted by atomic mass is 15.1. The molecule has 0 unspecified atom stereocenters. The van der Waals surface area contributed by atoms with E-state index in [-0.39, 0.29) is 5.54 Å². The van der Waals surface area contributed by atoms with Gasteiger partial charge in [-0.3, -0.25) is 0 Å². The molecule has 0 amide bonds. The van der Waals surface area contributed by atoms with Crippen LogP contribution in [0.3, 0.4) is 0 Å². The SMILES string of the molecule is CCC(CC)(CN)Nc1ncnc2c1CCC2. The van der Waals surface area contributed by atoms with Crippen LogP contribution in [0.15, 0.2) is 6.33 Å². The summed E-state index contributed by atoms with van der Waals surface area (Å²) in [6.07, 6.45) is 7.06. The van der Waals surface area contributed by atoms with Crippen LogP contribution in [-0.4, -0.2) is 22.1 Å². The molecule has 0 atom stereocenters. The Morgan fingerprint density at radius 1 is 1.29 bits per heavy atom. The van der Waals surface area contributed by atoms with Gasteiger partial charge in [-0.25, -0.2) is 9.97 Å². The summed E-state index contributed by atoms with van der Waals surface area (Å²) in [5.41, 5.74) is 8.40. The van der Waals surface area contributed by atoms with Crippen LogP contribution in [0.4, 0.5) is 5.82 Å². The van der Waals surface area contributed by atoms with Crippen LogP contribution in [0.5, 0.6) is 0 Å². The number of fused-ring (bicyclic) bond motifs is 1. The fourth-order valence-electron chi connectivity index (χ4n) is 2.48. The summed E-state index contributed by atoms with van der Waals surface area (Å²) in [7, 11) is 0. The molecule has 0 aliphatic heterocycles. The van der Waals surface area contributed by atoms with Gasteiger partial charge in [0.25, 0.3) is 0 Å². The van der Waals surface area contributed by atoms with Crippen molar-refractivity contribution < 1.29 is 0 Å². The summed E-state index contributed by atoms with van der Waals surface area (Å²) in [5.74, 6) is 1.00. The maximum Gasteiger partial charge on any atom is 0.133 e. The van der Waals surface area contributed by atoms with Crippen LogP contribution >= 0.6 is 0 Å². The molecule has 0 spiro atoms. The summed E-state index contributed by atoms with van der Waals surface area (Å²) in [6, 6.07) is 0. The number of aryl methyl sites for hydroxylation is 1. The maximum atomic E-state index is 5.92. The Balaban J connectivity index is 2.26. The van der Waals surface area contributed by atoms with Crippen LogP contribution in [0.25, 0.3) is 0 Å². The molecule has 17 heavy (non-hydrogen) atoms. The van der Waals surface area contributed by atoms with Crippen molar-refractivity contribution in [2.75, 3.05) is 11.9 Å². The Labute approximate surface area is 103 Å². The lowest BCUT2D eigenvalue weighted by Gasteiger charge is -2.32. The summed E-state index contributed by atoms with van der Waals surface area (Å²) in [5, 5.41) is 3.57. The van der Waals surface area contributed by atoms with E-state index in [2.05, 4.69) is 29.1 Å². The Morgan fingerprint density at radius 3 is 2.71 bits per heavy atom. The third-order valence-electron chi connectivity index (χ3n) is 4.00. The van der Waals surface area contributed by atoms with Gasteiger partial charge in [-0.05, 0) is 32.1 Å². The third kappa shape index (κ3) is 2.27. The van der Waals surface area contributed by atoms with E-state index in [1.165, 1.54) is 17.7 Å². The van der Waals surface area contributed by atoms with E-state index in [0.29, 0.717) is 6.54 Å². The molecule has 0 saturated heterocycles. The molecule has 4 heteroatoms. The Bertz CT molecular complexity index is 377. The Hall–Kier alpha value is -1.16. The molecule has 0 fully saturated rings. The van der Waals surface area contributed by atoms with Gasteiger partial charge in [-0.15, -0.1) is 0 Å². The smallest absolute Gasteiger partial charge is 0.133 e. The molecular weight excluding hydrogens is 212 g/mol. The highest BCUT2D eigenvalue weighted by Crippen LogP contribution is 2.28. The molecule has 1 heterocycles. The third-order valence-corrected chi connectivity index (χ3v) is 4.00. The van der Waals surface area contributed by atoms with Crippen molar-refractivity contribution in [3.8, 4) is 0 Å². The molecule has 0 bridgehead atoms. The van der Waals surface area contributed by atoms with Gasteiger partial charge in [0.05, 0.1) is 5.54 Å². The van der Waals surface area contributed by atoms with E-state index in [9.17, 15) is 0 Å². The molecule has 0 saturated carbocycles. The van der Waals surface area contributed by atoms with Crippen molar-refractivity contribution in [3.05, 3.63) is 17.6 Å². The largest absolute Gasteiger partial charge is 0.363 e. The van der Waals surface area contributed by atoms with E-state index in [4.69, 9.17) is 5.73 Å². The molecule has 3 N–H and O–H groups in total. The zero-order valence-electron chi connectivity index (χ0n) is 10.8. The minimum atomic E-state index is -0.0231. The fraction of sp³-hybridized carbons (Fsp3) is 0.692. The minimum absolute atomic E-state index is 0.0231. The van der Waals surface area contributed by atoms with Crippen molar-refractivity contribution in [3.63, 3.8) is 0 Å². The predicted octanol–water partition coefficient (Wildman–Crippen LogP) is 1.89. The van der Waals surface area contributed by atoms with E-state index in [1.807, 2.05) is 0 Å². The molecule has 2 rings (SSSR count). The second-order valence-corrected chi connectivity index (χ2v) is 4.82. The van der Waals surface area contributed by atoms with E-state index < -0.39 is 0 Å². The molecular formula is C13H22N4. The highest BCUT2D eigenvalue weighted by Gasteiger charge is 2.27. The molecule has 4 nitrogen and oxygen atoms in total. The van der Waals surface area contributed by atoms with Gasteiger partial charge >= 0.3 is 0 Å². The standard InChI is InChI=1S/C13H22N4/c1-3-13(4-2,8-14)17-12-10-6-5-7-11(10)15-9-16-12/h9H,3-8,14H2,1-2H3,(H,15,16,17). The van der Waals surface area contributed by atoms with Crippen molar-refractivity contribution in [1.82, 2.24) is 9.97 Å². The van der Waals surface area contributed by atoms with Crippen LogP contribution < -0.4 is 11.1 Å². The molecule has 1 aliphatic rings. The van der Waals surface area contributed by atoms with E-state index >= 15 is 0 Å². The lowest BCUT2D eigenvalue weighted by atomic mass is 9.92. The fourth-order valence-corrected chi connectivity index (χ4v) is 2.48. The summed E-state index contributed by atoms with van der Waals surface area (Å²) in [4.78, 5) is 8.75. The van der Waals surface area contributed by atoms with Crippen LogP contribution in [-0.2, 0) is 12.8 Å². The van der Waals surface area contributed by atoms with Crippen LogP contribution in [0, 0.1) is 0 Å². The first kappa shape index (κ1) is 12.3. The molecule has 0 aromatic carbocycles. The van der Waals surface area contributed by atoms with Crippen molar-refractivity contribution in [2.45, 2.75) is 51.5 Å². The number of rotatable bonds is 5. The molecule has 0 radical (unpaired) electrons. The van der Waals surface area contributed by atoms with Crippen molar-refractivity contribution in [2.24, 2.45) is 5.73 Å². The quantitative estimate of drug-likeness (QED) is 0.816. The number of hydrogen-bond donors (Lipinski definition) is 2. The number of aromatic nitrogens is 2. The lowest BCUT2D eigenvalue weighted by molar-refractivity contribution is 0.443. The predicted molar refractivity (Wildman–Crippen MR) is 70.0 cm³/mol. The van der Waals surface area contributed by atoms with Crippen molar-refractivity contribution >= 4 is 5.82 Å². The van der Waals surface area contributed by atoms with Gasteiger partial charge in [0, 0.05) is 17.8 Å². The Morgan fingerprint density at radius 2 is 2.06 bits per heavy atom. The van der Waals surface area contributed by atoms with Gasteiger partial charge in [-0.1, -0.05) is 13.8 Å². The second kappa shape index (κ2) is 5.00. The van der Waals surface area contributed by atoms with Gasteiger partial charge in [0.15, 0.2) is 0 Å². The first-order valence-electron chi connectivity index (χ1n) is 6.55. The minimum Gasteiger partial charge on any atom is -0.363 e. The molecule has 1 aliphatic carbocycles. The first-order chi connectivity index (χ1) is 8.24. The Kier molecular flexibility index (Phi) is 3.62. The molecule has 1 aromatic heterocycles. The van der Waals surface area contributed by atoms with Gasteiger partial charge in [-0.2, -0.15) is 0 Å². The van der Waals surface area contributed by atoms with Gasteiger partial charge < -0.3 is 11.1 Å². The van der Waals surface area contributed by atoms with Crippen LogP contribution in [0.2, 0.25) is 0 Å². The zero-order valence-corrected chi connectivity index (χ0v) is 10.8. The van der Waals surface area contributed by atoms with Gasteiger partial charge in [0.1, 0.15) is 12.1 Å². The van der Waals surface area contributed by atoms with Crippen molar-refractivity contribution in [1.29, 1.82) is 0 Å². The lowest BCUT2D eigenvalue weighted by Crippen LogP contribution is -2.44. The highest BCUT2D eigenvalue weighted by molar-refractivity contribution is 5.49. The normalized spacial score (nSPS) is 14.8. The van der Waals surface area contributed by atoms with E-state index in [1.54, 1.807) is 6.33 Å². The summed E-state index contributed by atoms with van der Waals surface area (Å²) < 4.78 is 0. The maximum absolute atomic E-state index is 5.92. The average Bonchev–Trinajstić information content (AvgIpc) is 2.85.